The summed E-state index contributed by atoms with van der Waals surface area (Å²) in [4.78, 5) is 13.1. The molecule has 1 saturated heterocycles. The summed E-state index contributed by atoms with van der Waals surface area (Å²) in [5, 5.41) is 8.94. The number of aryl methyl sites for hydroxylation is 1. The highest BCUT2D eigenvalue weighted by molar-refractivity contribution is 5.68. The van der Waals surface area contributed by atoms with E-state index in [1.165, 1.54) is 5.56 Å². The van der Waals surface area contributed by atoms with Crippen LogP contribution in [0.1, 0.15) is 24.8 Å². The largest absolute Gasteiger partial charge is 0.481 e. The van der Waals surface area contributed by atoms with Crippen molar-refractivity contribution in [1.82, 2.24) is 0 Å². The third-order valence-electron chi connectivity index (χ3n) is 3.87. The van der Waals surface area contributed by atoms with Gasteiger partial charge in [-0.3, -0.25) is 4.79 Å². The molecular formula is C16H23NO3. The van der Waals surface area contributed by atoms with E-state index in [1.54, 1.807) is 0 Å². The van der Waals surface area contributed by atoms with Crippen LogP contribution in [0.25, 0.3) is 0 Å². The van der Waals surface area contributed by atoms with E-state index >= 15 is 0 Å². The maximum absolute atomic E-state index is 10.9. The number of carbonyl (C=O) groups is 1. The first kappa shape index (κ1) is 14.9. The maximum atomic E-state index is 10.9. The number of carboxylic acid groups (broad SMARTS) is 1. The second kappa shape index (κ2) is 7.29. The summed E-state index contributed by atoms with van der Waals surface area (Å²) >= 11 is 0. The molecule has 1 N–H and O–H groups in total. The molecule has 1 aromatic carbocycles. The number of para-hydroxylation sites is 1. The summed E-state index contributed by atoms with van der Waals surface area (Å²) in [5.74, 6) is -0.146. The molecule has 0 bridgehead atoms. The van der Waals surface area contributed by atoms with Gasteiger partial charge in [0, 0.05) is 32.0 Å². The molecule has 0 aliphatic carbocycles. The SMILES string of the molecule is Cc1ccccc1N(CCC(=O)O)CC1CCOCC1. The fraction of sp³-hybridized carbons (Fsp3) is 0.562. The van der Waals surface area contributed by atoms with Crippen LogP contribution in [0.3, 0.4) is 0 Å². The first-order chi connectivity index (χ1) is 9.66. The normalized spacial score (nSPS) is 16.1. The van der Waals surface area contributed by atoms with Crippen LogP contribution in [0, 0.1) is 12.8 Å². The Labute approximate surface area is 120 Å². The first-order valence-electron chi connectivity index (χ1n) is 7.27. The Morgan fingerprint density at radius 2 is 2.05 bits per heavy atom. The van der Waals surface area contributed by atoms with E-state index in [0.717, 1.165) is 38.3 Å². The van der Waals surface area contributed by atoms with Crippen LogP contribution in [0.2, 0.25) is 0 Å². The first-order valence-corrected chi connectivity index (χ1v) is 7.27. The monoisotopic (exact) mass is 277 g/mol. The molecule has 0 spiro atoms. The zero-order valence-corrected chi connectivity index (χ0v) is 12.0. The summed E-state index contributed by atoms with van der Waals surface area (Å²) in [6, 6.07) is 8.19. The Balaban J connectivity index is 2.07. The Bertz CT molecular complexity index is 441. The molecule has 1 heterocycles. The average Bonchev–Trinajstić information content (AvgIpc) is 2.45. The molecule has 110 valence electrons. The van der Waals surface area contributed by atoms with Gasteiger partial charge in [-0.25, -0.2) is 0 Å². The number of hydrogen-bond acceptors (Lipinski definition) is 3. The van der Waals surface area contributed by atoms with E-state index in [4.69, 9.17) is 9.84 Å². The van der Waals surface area contributed by atoms with Crippen molar-refractivity contribution in [3.8, 4) is 0 Å². The van der Waals surface area contributed by atoms with E-state index in [2.05, 4.69) is 24.0 Å². The van der Waals surface area contributed by atoms with Crippen LogP contribution in [0.5, 0.6) is 0 Å². The molecular weight excluding hydrogens is 254 g/mol. The van der Waals surface area contributed by atoms with E-state index in [0.29, 0.717) is 12.5 Å². The molecule has 1 aliphatic rings. The van der Waals surface area contributed by atoms with Crippen molar-refractivity contribution in [3.05, 3.63) is 29.8 Å². The molecule has 0 unspecified atom stereocenters. The van der Waals surface area contributed by atoms with Crippen molar-refractivity contribution in [2.45, 2.75) is 26.2 Å². The molecule has 0 aromatic heterocycles. The summed E-state index contributed by atoms with van der Waals surface area (Å²) in [5.41, 5.74) is 2.35. The highest BCUT2D eigenvalue weighted by Crippen LogP contribution is 2.24. The summed E-state index contributed by atoms with van der Waals surface area (Å²) in [7, 11) is 0. The summed E-state index contributed by atoms with van der Waals surface area (Å²) in [6.07, 6.45) is 2.31. The molecule has 0 amide bonds. The number of ether oxygens (including phenoxy) is 1. The lowest BCUT2D eigenvalue weighted by atomic mass is 9.99. The highest BCUT2D eigenvalue weighted by Gasteiger charge is 2.19. The standard InChI is InChI=1S/C16H23NO3/c1-13-4-2-3-5-15(13)17(9-6-16(18)19)12-14-7-10-20-11-8-14/h2-5,14H,6-12H2,1H3,(H,18,19). The van der Waals surface area contributed by atoms with Gasteiger partial charge in [-0.2, -0.15) is 0 Å². The fourth-order valence-electron chi connectivity index (χ4n) is 2.70. The van der Waals surface area contributed by atoms with Crippen LogP contribution in [-0.2, 0) is 9.53 Å². The van der Waals surface area contributed by atoms with Crippen molar-refractivity contribution in [2.24, 2.45) is 5.92 Å². The quantitative estimate of drug-likeness (QED) is 0.868. The zero-order valence-electron chi connectivity index (χ0n) is 12.0. The van der Waals surface area contributed by atoms with Gasteiger partial charge in [0.25, 0.3) is 0 Å². The molecule has 1 fully saturated rings. The van der Waals surface area contributed by atoms with Crippen LogP contribution in [0.4, 0.5) is 5.69 Å². The lowest BCUT2D eigenvalue weighted by Gasteiger charge is -2.32. The Morgan fingerprint density at radius 3 is 2.70 bits per heavy atom. The number of anilines is 1. The number of benzene rings is 1. The van der Waals surface area contributed by atoms with E-state index in [-0.39, 0.29) is 6.42 Å². The van der Waals surface area contributed by atoms with Crippen LogP contribution >= 0.6 is 0 Å². The second-order valence-electron chi connectivity index (χ2n) is 5.43. The molecule has 1 aromatic rings. The number of rotatable bonds is 6. The van der Waals surface area contributed by atoms with Crippen molar-refractivity contribution in [1.29, 1.82) is 0 Å². The zero-order chi connectivity index (χ0) is 14.4. The van der Waals surface area contributed by atoms with Gasteiger partial charge in [0.05, 0.1) is 6.42 Å². The van der Waals surface area contributed by atoms with Gasteiger partial charge in [-0.1, -0.05) is 18.2 Å². The van der Waals surface area contributed by atoms with E-state index in [9.17, 15) is 4.79 Å². The minimum absolute atomic E-state index is 0.178. The molecule has 0 saturated carbocycles. The van der Waals surface area contributed by atoms with Gasteiger partial charge in [-0.15, -0.1) is 0 Å². The summed E-state index contributed by atoms with van der Waals surface area (Å²) in [6.45, 7) is 5.21. The van der Waals surface area contributed by atoms with E-state index < -0.39 is 5.97 Å². The van der Waals surface area contributed by atoms with Gasteiger partial charge >= 0.3 is 5.97 Å². The lowest BCUT2D eigenvalue weighted by Crippen LogP contribution is -2.34. The molecule has 4 nitrogen and oxygen atoms in total. The molecule has 4 heteroatoms. The van der Waals surface area contributed by atoms with Gasteiger partial charge in [0.15, 0.2) is 0 Å². The van der Waals surface area contributed by atoms with Gasteiger partial charge in [0.2, 0.25) is 0 Å². The minimum Gasteiger partial charge on any atom is -0.481 e. The number of carboxylic acids is 1. The van der Waals surface area contributed by atoms with Gasteiger partial charge in [-0.05, 0) is 37.3 Å². The van der Waals surface area contributed by atoms with Gasteiger partial charge < -0.3 is 14.7 Å². The average molecular weight is 277 g/mol. The van der Waals surface area contributed by atoms with Crippen LogP contribution in [0.15, 0.2) is 24.3 Å². The lowest BCUT2D eigenvalue weighted by molar-refractivity contribution is -0.136. The number of hydrogen-bond donors (Lipinski definition) is 1. The second-order valence-corrected chi connectivity index (χ2v) is 5.43. The Hall–Kier alpha value is -1.55. The predicted octanol–water partition coefficient (Wildman–Crippen LogP) is 2.70. The smallest absolute Gasteiger partial charge is 0.305 e. The fourth-order valence-corrected chi connectivity index (χ4v) is 2.70. The maximum Gasteiger partial charge on any atom is 0.305 e. The van der Waals surface area contributed by atoms with Gasteiger partial charge in [0.1, 0.15) is 0 Å². The highest BCUT2D eigenvalue weighted by atomic mass is 16.5. The predicted molar refractivity (Wildman–Crippen MR) is 79.2 cm³/mol. The van der Waals surface area contributed by atoms with E-state index in [1.807, 2.05) is 12.1 Å². The molecule has 20 heavy (non-hydrogen) atoms. The summed E-state index contributed by atoms with van der Waals surface area (Å²) < 4.78 is 5.40. The molecule has 2 rings (SSSR count). The Kier molecular flexibility index (Phi) is 5.41. The van der Waals surface area contributed by atoms with Crippen molar-refractivity contribution in [2.75, 3.05) is 31.2 Å². The molecule has 0 radical (unpaired) electrons. The third-order valence-corrected chi connectivity index (χ3v) is 3.87. The number of aliphatic carboxylic acids is 1. The Morgan fingerprint density at radius 1 is 1.35 bits per heavy atom. The van der Waals surface area contributed by atoms with Crippen LogP contribution in [-0.4, -0.2) is 37.4 Å². The van der Waals surface area contributed by atoms with Crippen LogP contribution < -0.4 is 4.90 Å². The molecule has 1 aliphatic heterocycles. The van der Waals surface area contributed by atoms with Crippen molar-refractivity contribution >= 4 is 11.7 Å². The minimum atomic E-state index is -0.740. The molecule has 0 atom stereocenters. The topological polar surface area (TPSA) is 49.8 Å². The van der Waals surface area contributed by atoms with Crippen molar-refractivity contribution in [3.63, 3.8) is 0 Å². The third kappa shape index (κ3) is 4.23. The van der Waals surface area contributed by atoms with Crippen molar-refractivity contribution < 1.29 is 14.6 Å². The number of nitrogens with zero attached hydrogens (tertiary/aromatic N) is 1.